The van der Waals surface area contributed by atoms with Gasteiger partial charge in [-0.3, -0.25) is 4.79 Å². The van der Waals surface area contributed by atoms with Gasteiger partial charge >= 0.3 is 0 Å². The minimum absolute atomic E-state index is 0.0421. The van der Waals surface area contributed by atoms with Crippen molar-refractivity contribution in [3.8, 4) is 11.5 Å². The van der Waals surface area contributed by atoms with Gasteiger partial charge in [0.15, 0.2) is 0 Å². The molecular formula is C18H19ClN2O2. The average molecular weight is 331 g/mol. The van der Waals surface area contributed by atoms with E-state index in [1.54, 1.807) is 18.3 Å². The molecule has 23 heavy (non-hydrogen) atoms. The van der Waals surface area contributed by atoms with Gasteiger partial charge in [0.25, 0.3) is 0 Å². The number of hydrogen-bond acceptors (Lipinski definition) is 3. The summed E-state index contributed by atoms with van der Waals surface area (Å²) in [5.41, 5.74) is 1.07. The number of nitrogens with one attached hydrogen (secondary N) is 1. The fourth-order valence-electron chi connectivity index (χ4n) is 2.77. The number of anilines is 1. The number of aryl methyl sites for hydroxylation is 1. The fourth-order valence-corrected chi connectivity index (χ4v) is 3.05. The summed E-state index contributed by atoms with van der Waals surface area (Å²) in [5.74, 6) is 1.82. The maximum Gasteiger partial charge on any atom is 0.228 e. The topological polar surface area (TPSA) is 51.2 Å². The first-order valence-corrected chi connectivity index (χ1v) is 8.20. The standard InChI is InChI=1S/C18H19ClN2O2/c1-12-6-7-16(15(19)10-12)23-14-8-9-20-17(11-14)21-18(22)13-4-2-3-5-13/h6-11,13H,2-5H2,1H3,(H,20,21,22). The minimum Gasteiger partial charge on any atom is -0.456 e. The number of amides is 1. The maximum absolute atomic E-state index is 12.2. The van der Waals surface area contributed by atoms with E-state index in [2.05, 4.69) is 10.3 Å². The normalized spacial score (nSPS) is 14.7. The van der Waals surface area contributed by atoms with Crippen molar-refractivity contribution in [2.45, 2.75) is 32.6 Å². The molecule has 2 aromatic rings. The van der Waals surface area contributed by atoms with Gasteiger partial charge in [0, 0.05) is 18.2 Å². The molecule has 0 radical (unpaired) electrons. The number of carbonyl (C=O) groups is 1. The number of carbonyl (C=O) groups excluding carboxylic acids is 1. The van der Waals surface area contributed by atoms with Crippen molar-refractivity contribution in [1.29, 1.82) is 0 Å². The molecule has 4 nitrogen and oxygen atoms in total. The van der Waals surface area contributed by atoms with Crippen LogP contribution < -0.4 is 10.1 Å². The lowest BCUT2D eigenvalue weighted by Gasteiger charge is -2.12. The molecular weight excluding hydrogens is 312 g/mol. The van der Waals surface area contributed by atoms with Crippen LogP contribution in [-0.2, 0) is 4.79 Å². The molecule has 1 saturated carbocycles. The molecule has 1 fully saturated rings. The highest BCUT2D eigenvalue weighted by molar-refractivity contribution is 6.32. The van der Waals surface area contributed by atoms with Crippen LogP contribution in [0, 0.1) is 12.8 Å². The number of rotatable bonds is 4. The van der Waals surface area contributed by atoms with Crippen molar-refractivity contribution < 1.29 is 9.53 Å². The van der Waals surface area contributed by atoms with E-state index in [-0.39, 0.29) is 11.8 Å². The summed E-state index contributed by atoms with van der Waals surface area (Å²) in [7, 11) is 0. The van der Waals surface area contributed by atoms with Crippen LogP contribution in [0.3, 0.4) is 0 Å². The van der Waals surface area contributed by atoms with E-state index < -0.39 is 0 Å². The summed E-state index contributed by atoms with van der Waals surface area (Å²) < 4.78 is 5.79. The zero-order valence-corrected chi connectivity index (χ0v) is 13.8. The van der Waals surface area contributed by atoms with E-state index in [0.29, 0.717) is 22.3 Å². The third-order valence-electron chi connectivity index (χ3n) is 4.02. The Morgan fingerprint density at radius 1 is 1.26 bits per heavy atom. The van der Waals surface area contributed by atoms with Crippen molar-refractivity contribution >= 4 is 23.3 Å². The first-order valence-electron chi connectivity index (χ1n) is 7.83. The molecule has 1 aromatic heterocycles. The van der Waals surface area contributed by atoms with Gasteiger partial charge < -0.3 is 10.1 Å². The summed E-state index contributed by atoms with van der Waals surface area (Å²) in [4.78, 5) is 16.3. The van der Waals surface area contributed by atoms with Crippen LogP contribution in [0.25, 0.3) is 0 Å². The number of ether oxygens (including phenoxy) is 1. The highest BCUT2D eigenvalue weighted by atomic mass is 35.5. The average Bonchev–Trinajstić information content (AvgIpc) is 3.05. The highest BCUT2D eigenvalue weighted by Crippen LogP contribution is 2.31. The number of halogens is 1. The molecule has 5 heteroatoms. The third-order valence-corrected chi connectivity index (χ3v) is 4.32. The lowest BCUT2D eigenvalue weighted by Crippen LogP contribution is -2.20. The van der Waals surface area contributed by atoms with E-state index in [1.807, 2.05) is 25.1 Å². The van der Waals surface area contributed by atoms with Gasteiger partial charge in [0.1, 0.15) is 17.3 Å². The number of hydrogen-bond donors (Lipinski definition) is 1. The largest absolute Gasteiger partial charge is 0.456 e. The van der Waals surface area contributed by atoms with E-state index in [4.69, 9.17) is 16.3 Å². The Morgan fingerprint density at radius 3 is 2.78 bits per heavy atom. The molecule has 0 atom stereocenters. The lowest BCUT2D eigenvalue weighted by atomic mass is 10.1. The smallest absolute Gasteiger partial charge is 0.228 e. The van der Waals surface area contributed by atoms with Crippen LogP contribution >= 0.6 is 11.6 Å². The van der Waals surface area contributed by atoms with Crippen LogP contribution in [0.4, 0.5) is 5.82 Å². The Labute approximate surface area is 140 Å². The van der Waals surface area contributed by atoms with E-state index in [1.165, 1.54) is 0 Å². The molecule has 0 spiro atoms. The number of pyridine rings is 1. The minimum atomic E-state index is 0.0421. The lowest BCUT2D eigenvalue weighted by molar-refractivity contribution is -0.119. The Hall–Kier alpha value is -2.07. The van der Waals surface area contributed by atoms with Crippen molar-refractivity contribution in [1.82, 2.24) is 4.98 Å². The van der Waals surface area contributed by atoms with Crippen LogP contribution in [0.15, 0.2) is 36.5 Å². The number of benzene rings is 1. The van der Waals surface area contributed by atoms with Gasteiger partial charge in [-0.2, -0.15) is 0 Å². The molecule has 1 aliphatic carbocycles. The van der Waals surface area contributed by atoms with Gasteiger partial charge in [-0.1, -0.05) is 30.5 Å². The van der Waals surface area contributed by atoms with E-state index in [0.717, 1.165) is 31.2 Å². The molecule has 1 N–H and O–H groups in total. The molecule has 1 aliphatic rings. The van der Waals surface area contributed by atoms with Gasteiger partial charge in [0.2, 0.25) is 5.91 Å². The monoisotopic (exact) mass is 330 g/mol. The maximum atomic E-state index is 12.2. The van der Waals surface area contributed by atoms with Crippen LogP contribution in [0.1, 0.15) is 31.2 Å². The van der Waals surface area contributed by atoms with Crippen molar-refractivity contribution in [2.24, 2.45) is 5.92 Å². The second kappa shape index (κ2) is 7.01. The van der Waals surface area contributed by atoms with E-state index in [9.17, 15) is 4.79 Å². The molecule has 3 rings (SSSR count). The number of nitrogens with zero attached hydrogens (tertiary/aromatic N) is 1. The summed E-state index contributed by atoms with van der Waals surface area (Å²) >= 11 is 6.18. The van der Waals surface area contributed by atoms with Gasteiger partial charge in [-0.05, 0) is 43.5 Å². The van der Waals surface area contributed by atoms with Crippen molar-refractivity contribution in [3.63, 3.8) is 0 Å². The van der Waals surface area contributed by atoms with E-state index >= 15 is 0 Å². The van der Waals surface area contributed by atoms with Crippen LogP contribution in [0.5, 0.6) is 11.5 Å². The molecule has 0 aliphatic heterocycles. The highest BCUT2D eigenvalue weighted by Gasteiger charge is 2.22. The fraction of sp³-hybridized carbons (Fsp3) is 0.333. The Balaban J connectivity index is 1.70. The first-order chi connectivity index (χ1) is 11.1. The molecule has 0 unspecified atom stereocenters. The van der Waals surface area contributed by atoms with Crippen molar-refractivity contribution in [3.05, 3.63) is 47.1 Å². The molecule has 1 amide bonds. The van der Waals surface area contributed by atoms with Gasteiger partial charge in [-0.15, -0.1) is 0 Å². The molecule has 0 bridgehead atoms. The zero-order chi connectivity index (χ0) is 16.2. The molecule has 0 saturated heterocycles. The predicted octanol–water partition coefficient (Wildman–Crippen LogP) is 4.96. The zero-order valence-electron chi connectivity index (χ0n) is 13.0. The number of aromatic nitrogens is 1. The summed E-state index contributed by atoms with van der Waals surface area (Å²) in [5, 5.41) is 3.42. The predicted molar refractivity (Wildman–Crippen MR) is 91.1 cm³/mol. The molecule has 1 aromatic carbocycles. The summed E-state index contributed by atoms with van der Waals surface area (Å²) in [6, 6.07) is 9.06. The Kier molecular flexibility index (Phi) is 4.82. The van der Waals surface area contributed by atoms with Gasteiger partial charge in [0.05, 0.1) is 5.02 Å². The second-order valence-electron chi connectivity index (χ2n) is 5.88. The Morgan fingerprint density at radius 2 is 2.04 bits per heavy atom. The quantitative estimate of drug-likeness (QED) is 0.861. The van der Waals surface area contributed by atoms with Gasteiger partial charge in [-0.25, -0.2) is 4.98 Å². The second-order valence-corrected chi connectivity index (χ2v) is 6.29. The third kappa shape index (κ3) is 4.02. The van der Waals surface area contributed by atoms with Crippen LogP contribution in [-0.4, -0.2) is 10.9 Å². The molecule has 120 valence electrons. The Bertz CT molecular complexity index is 712. The first kappa shape index (κ1) is 15.8. The van der Waals surface area contributed by atoms with Crippen molar-refractivity contribution in [2.75, 3.05) is 5.32 Å². The summed E-state index contributed by atoms with van der Waals surface area (Å²) in [6.45, 7) is 1.97. The van der Waals surface area contributed by atoms with Crippen LogP contribution in [0.2, 0.25) is 5.02 Å². The SMILES string of the molecule is Cc1ccc(Oc2ccnc(NC(=O)C3CCCC3)c2)c(Cl)c1. The molecule has 1 heterocycles. The summed E-state index contributed by atoms with van der Waals surface area (Å²) in [6.07, 6.45) is 5.78.